The topological polar surface area (TPSA) is 72.9 Å². The largest absolute Gasteiger partial charge is 0.337 e. The van der Waals surface area contributed by atoms with Gasteiger partial charge in [0.2, 0.25) is 0 Å². The van der Waals surface area contributed by atoms with E-state index in [2.05, 4.69) is 35.4 Å². The molecule has 0 bridgehead atoms. The lowest BCUT2D eigenvalue weighted by molar-refractivity contribution is 0.243. The summed E-state index contributed by atoms with van der Waals surface area (Å²) < 4.78 is 1.64. The molecular formula is C24H30N4O. The molecule has 1 amide bonds. The third kappa shape index (κ3) is 4.51. The molecule has 1 saturated carbocycles. The summed E-state index contributed by atoms with van der Waals surface area (Å²) in [4.78, 5) is 17.3. The van der Waals surface area contributed by atoms with Crippen LogP contribution in [0.2, 0.25) is 0 Å². The number of rotatable bonds is 5. The third-order valence-corrected chi connectivity index (χ3v) is 6.16. The van der Waals surface area contributed by atoms with Gasteiger partial charge in [0.1, 0.15) is 6.33 Å². The number of aryl methyl sites for hydroxylation is 1. The summed E-state index contributed by atoms with van der Waals surface area (Å²) in [6.07, 6.45) is 7.71. The van der Waals surface area contributed by atoms with Crippen LogP contribution < -0.4 is 11.1 Å². The standard InChI is InChI=1S/C24H30N4O/c1-24(25)14-12-19(13-15-24)20-10-5-11-21-22(20)27-17-28(21)23(29)26-16-6-9-18-7-3-2-4-8-18/h2-5,7-8,10-11,17,19H,6,9,12-16,25H2,1H3,(H,26,29). The Balaban J connectivity index is 1.41. The van der Waals surface area contributed by atoms with E-state index in [1.807, 2.05) is 30.3 Å². The maximum Gasteiger partial charge on any atom is 0.327 e. The van der Waals surface area contributed by atoms with Crippen LogP contribution in [-0.4, -0.2) is 27.7 Å². The fourth-order valence-electron chi connectivity index (χ4n) is 4.36. The van der Waals surface area contributed by atoms with E-state index in [1.54, 1.807) is 10.9 Å². The molecule has 1 aliphatic rings. The number of para-hydroxylation sites is 1. The Kier molecular flexibility index (Phi) is 5.67. The molecule has 0 unspecified atom stereocenters. The number of hydrogen-bond acceptors (Lipinski definition) is 3. The quantitative estimate of drug-likeness (QED) is 0.625. The van der Waals surface area contributed by atoms with E-state index in [0.717, 1.165) is 49.6 Å². The van der Waals surface area contributed by atoms with Gasteiger partial charge in [-0.2, -0.15) is 0 Å². The van der Waals surface area contributed by atoms with E-state index in [9.17, 15) is 4.79 Å². The summed E-state index contributed by atoms with van der Waals surface area (Å²) in [6, 6.07) is 16.4. The van der Waals surface area contributed by atoms with Crippen molar-refractivity contribution in [2.75, 3.05) is 6.54 Å². The Hall–Kier alpha value is -2.66. The highest BCUT2D eigenvalue weighted by Gasteiger charge is 2.29. The van der Waals surface area contributed by atoms with E-state index in [-0.39, 0.29) is 11.6 Å². The van der Waals surface area contributed by atoms with Gasteiger partial charge in [-0.05, 0) is 68.6 Å². The lowest BCUT2D eigenvalue weighted by atomic mass is 9.75. The molecule has 5 heteroatoms. The van der Waals surface area contributed by atoms with Gasteiger partial charge in [-0.1, -0.05) is 42.5 Å². The maximum atomic E-state index is 12.7. The number of fused-ring (bicyclic) bond motifs is 1. The summed E-state index contributed by atoms with van der Waals surface area (Å²) in [6.45, 7) is 2.78. The minimum Gasteiger partial charge on any atom is -0.337 e. The monoisotopic (exact) mass is 390 g/mol. The fourth-order valence-corrected chi connectivity index (χ4v) is 4.36. The second-order valence-electron chi connectivity index (χ2n) is 8.58. The summed E-state index contributed by atoms with van der Waals surface area (Å²) in [5.41, 5.74) is 10.6. The number of hydrogen-bond donors (Lipinski definition) is 2. The highest BCUT2D eigenvalue weighted by atomic mass is 16.2. The summed E-state index contributed by atoms with van der Waals surface area (Å²) in [5.74, 6) is 0.465. The Bertz CT molecular complexity index is 967. The predicted octanol–water partition coefficient (Wildman–Crippen LogP) is 4.60. The molecule has 2 aromatic carbocycles. The molecule has 152 valence electrons. The first-order chi connectivity index (χ1) is 14.0. The number of carbonyl (C=O) groups excluding carboxylic acids is 1. The summed E-state index contributed by atoms with van der Waals surface area (Å²) >= 11 is 0. The van der Waals surface area contributed by atoms with Gasteiger partial charge in [-0.25, -0.2) is 9.78 Å². The number of nitrogens with zero attached hydrogens (tertiary/aromatic N) is 2. The zero-order valence-electron chi connectivity index (χ0n) is 17.1. The van der Waals surface area contributed by atoms with E-state index in [4.69, 9.17) is 5.73 Å². The molecule has 3 aromatic rings. The first-order valence-corrected chi connectivity index (χ1v) is 10.6. The van der Waals surface area contributed by atoms with Crippen LogP contribution in [0.15, 0.2) is 54.9 Å². The molecule has 0 saturated heterocycles. The average molecular weight is 391 g/mol. The molecule has 1 fully saturated rings. The van der Waals surface area contributed by atoms with Crippen LogP contribution in [0.5, 0.6) is 0 Å². The number of aromatic nitrogens is 2. The molecular weight excluding hydrogens is 360 g/mol. The Labute approximate surface area is 172 Å². The number of benzene rings is 2. The van der Waals surface area contributed by atoms with Crippen molar-refractivity contribution in [3.8, 4) is 0 Å². The van der Waals surface area contributed by atoms with Crippen LogP contribution >= 0.6 is 0 Å². The first kappa shape index (κ1) is 19.6. The van der Waals surface area contributed by atoms with E-state index < -0.39 is 0 Å². The highest BCUT2D eigenvalue weighted by Crippen LogP contribution is 2.38. The smallest absolute Gasteiger partial charge is 0.327 e. The molecule has 4 rings (SSSR count). The summed E-state index contributed by atoms with van der Waals surface area (Å²) in [7, 11) is 0. The minimum absolute atomic E-state index is 0.0522. The molecule has 0 spiro atoms. The van der Waals surface area contributed by atoms with Crippen LogP contribution in [0.25, 0.3) is 11.0 Å². The van der Waals surface area contributed by atoms with E-state index in [1.165, 1.54) is 11.1 Å². The molecule has 5 nitrogen and oxygen atoms in total. The van der Waals surface area contributed by atoms with Gasteiger partial charge >= 0.3 is 6.03 Å². The lowest BCUT2D eigenvalue weighted by Gasteiger charge is -2.34. The molecule has 0 aliphatic heterocycles. The summed E-state index contributed by atoms with van der Waals surface area (Å²) in [5, 5.41) is 3.02. The number of nitrogens with two attached hydrogens (primary N) is 1. The van der Waals surface area contributed by atoms with Crippen molar-refractivity contribution in [1.29, 1.82) is 0 Å². The second kappa shape index (κ2) is 8.37. The van der Waals surface area contributed by atoms with Gasteiger partial charge in [-0.3, -0.25) is 4.57 Å². The van der Waals surface area contributed by atoms with Crippen LogP contribution in [0.1, 0.15) is 56.1 Å². The molecule has 0 radical (unpaired) electrons. The van der Waals surface area contributed by atoms with Gasteiger partial charge in [0.15, 0.2) is 0 Å². The van der Waals surface area contributed by atoms with Crippen molar-refractivity contribution in [1.82, 2.24) is 14.9 Å². The van der Waals surface area contributed by atoms with Crippen molar-refractivity contribution in [2.24, 2.45) is 5.73 Å². The zero-order valence-corrected chi connectivity index (χ0v) is 17.1. The average Bonchev–Trinajstić information content (AvgIpc) is 3.16. The number of imidazole rings is 1. The number of carbonyl (C=O) groups is 1. The molecule has 1 heterocycles. The Morgan fingerprint density at radius 3 is 2.69 bits per heavy atom. The molecule has 3 N–H and O–H groups in total. The van der Waals surface area contributed by atoms with Crippen LogP contribution in [0.4, 0.5) is 4.79 Å². The van der Waals surface area contributed by atoms with Crippen molar-refractivity contribution in [3.63, 3.8) is 0 Å². The van der Waals surface area contributed by atoms with Crippen molar-refractivity contribution >= 4 is 17.1 Å². The van der Waals surface area contributed by atoms with E-state index in [0.29, 0.717) is 12.5 Å². The Morgan fingerprint density at radius 2 is 1.93 bits per heavy atom. The SMILES string of the molecule is CC1(N)CCC(c2cccc3c2ncn3C(=O)NCCCc2ccccc2)CC1. The number of amides is 1. The predicted molar refractivity (Wildman–Crippen MR) is 117 cm³/mol. The normalized spacial score (nSPS) is 21.9. The third-order valence-electron chi connectivity index (χ3n) is 6.16. The van der Waals surface area contributed by atoms with Crippen molar-refractivity contribution in [3.05, 3.63) is 66.0 Å². The van der Waals surface area contributed by atoms with Crippen LogP contribution in [0, 0.1) is 0 Å². The van der Waals surface area contributed by atoms with Crippen molar-refractivity contribution in [2.45, 2.75) is 56.9 Å². The molecule has 0 atom stereocenters. The van der Waals surface area contributed by atoms with Crippen LogP contribution in [0.3, 0.4) is 0 Å². The zero-order chi connectivity index (χ0) is 20.3. The maximum absolute atomic E-state index is 12.7. The van der Waals surface area contributed by atoms with Crippen molar-refractivity contribution < 1.29 is 4.79 Å². The van der Waals surface area contributed by atoms with Gasteiger partial charge in [0.25, 0.3) is 0 Å². The van der Waals surface area contributed by atoms with E-state index >= 15 is 0 Å². The molecule has 1 aromatic heterocycles. The second-order valence-corrected chi connectivity index (χ2v) is 8.58. The van der Waals surface area contributed by atoms with Crippen LogP contribution in [-0.2, 0) is 6.42 Å². The fraction of sp³-hybridized carbons (Fsp3) is 0.417. The molecule has 29 heavy (non-hydrogen) atoms. The molecule has 1 aliphatic carbocycles. The minimum atomic E-state index is -0.115. The lowest BCUT2D eigenvalue weighted by Crippen LogP contribution is -2.39. The van der Waals surface area contributed by atoms with Gasteiger partial charge in [0.05, 0.1) is 11.0 Å². The highest BCUT2D eigenvalue weighted by molar-refractivity contribution is 5.90. The Morgan fingerprint density at radius 1 is 1.17 bits per heavy atom. The van der Waals surface area contributed by atoms with Gasteiger partial charge in [-0.15, -0.1) is 0 Å². The number of nitrogens with one attached hydrogen (secondary N) is 1. The van der Waals surface area contributed by atoms with Gasteiger partial charge < -0.3 is 11.1 Å². The first-order valence-electron chi connectivity index (χ1n) is 10.6. The van der Waals surface area contributed by atoms with Gasteiger partial charge in [0, 0.05) is 12.1 Å².